The molecule has 0 atom stereocenters. The normalized spacial score (nSPS) is 9.67. The molecule has 2 rings (SSSR count). The first kappa shape index (κ1) is 15.0. The van der Waals surface area contributed by atoms with Crippen molar-refractivity contribution in [3.8, 4) is 11.8 Å². The zero-order valence-corrected chi connectivity index (χ0v) is 11.6. The third-order valence-corrected chi connectivity index (χ3v) is 2.85. The summed E-state index contributed by atoms with van der Waals surface area (Å²) in [6.45, 7) is -0.341. The molecule has 0 saturated carbocycles. The van der Waals surface area contributed by atoms with Crippen molar-refractivity contribution >= 4 is 23.2 Å². The molecule has 2 aromatic carbocycles. The van der Waals surface area contributed by atoms with Crippen LogP contribution < -0.4 is 5.32 Å². The summed E-state index contributed by atoms with van der Waals surface area (Å²) in [7, 11) is 0. The minimum Gasteiger partial charge on any atom is -0.384 e. The summed E-state index contributed by atoms with van der Waals surface area (Å²) in [5, 5.41) is 11.6. The molecule has 1 amide bonds. The zero-order valence-electron chi connectivity index (χ0n) is 10.9. The van der Waals surface area contributed by atoms with Crippen molar-refractivity contribution in [2.75, 3.05) is 11.9 Å². The van der Waals surface area contributed by atoms with Crippen LogP contribution in [-0.2, 0) is 0 Å². The number of hydrogen-bond donors (Lipinski definition) is 2. The summed E-state index contributed by atoms with van der Waals surface area (Å²) in [5.41, 5.74) is 0.851. The Morgan fingerprint density at radius 3 is 2.76 bits per heavy atom. The molecule has 0 aliphatic heterocycles. The van der Waals surface area contributed by atoms with Gasteiger partial charge in [-0.2, -0.15) is 0 Å². The van der Waals surface area contributed by atoms with Crippen LogP contribution in [0.1, 0.15) is 15.9 Å². The number of amides is 1. The zero-order chi connectivity index (χ0) is 15.2. The predicted octanol–water partition coefficient (Wildman–Crippen LogP) is 3.08. The van der Waals surface area contributed by atoms with Gasteiger partial charge in [0.2, 0.25) is 0 Å². The van der Waals surface area contributed by atoms with Gasteiger partial charge in [0.15, 0.2) is 0 Å². The van der Waals surface area contributed by atoms with Gasteiger partial charge in [0.05, 0.1) is 5.56 Å². The van der Waals surface area contributed by atoms with Crippen molar-refractivity contribution in [2.45, 2.75) is 0 Å². The molecule has 2 aromatic rings. The van der Waals surface area contributed by atoms with Crippen LogP contribution in [0.3, 0.4) is 0 Å². The summed E-state index contributed by atoms with van der Waals surface area (Å²) in [5.74, 6) is 3.89. The van der Waals surface area contributed by atoms with Crippen LogP contribution in [0, 0.1) is 17.7 Å². The Labute approximate surface area is 126 Å². The van der Waals surface area contributed by atoms with Gasteiger partial charge in [-0.05, 0) is 36.4 Å². The van der Waals surface area contributed by atoms with E-state index in [0.717, 1.165) is 0 Å². The fraction of sp³-hybridized carbons (Fsp3) is 0.0625. The standard InChI is InChI=1S/C16H11ClFNO2/c17-13-5-1-3-12(9-13)16(21)19-14-7-6-11(4-2-8-20)15(18)10-14/h1,3,5-7,9-10,20H,8H2,(H,19,21). The number of hydrogen-bond acceptors (Lipinski definition) is 2. The van der Waals surface area contributed by atoms with E-state index in [2.05, 4.69) is 17.2 Å². The van der Waals surface area contributed by atoms with Crippen molar-refractivity contribution in [3.63, 3.8) is 0 Å². The van der Waals surface area contributed by atoms with E-state index in [-0.39, 0.29) is 18.1 Å². The van der Waals surface area contributed by atoms with Crippen LogP contribution in [0.2, 0.25) is 5.02 Å². The average molecular weight is 304 g/mol. The molecule has 0 fully saturated rings. The van der Waals surface area contributed by atoms with E-state index < -0.39 is 5.82 Å². The number of aliphatic hydroxyl groups excluding tert-OH is 1. The van der Waals surface area contributed by atoms with Crippen LogP contribution in [0.4, 0.5) is 10.1 Å². The van der Waals surface area contributed by atoms with Crippen LogP contribution in [0.15, 0.2) is 42.5 Å². The predicted molar refractivity (Wildman–Crippen MR) is 79.8 cm³/mol. The first-order chi connectivity index (χ1) is 10.1. The number of carbonyl (C=O) groups is 1. The molecule has 0 aromatic heterocycles. The highest BCUT2D eigenvalue weighted by atomic mass is 35.5. The largest absolute Gasteiger partial charge is 0.384 e. The lowest BCUT2D eigenvalue weighted by molar-refractivity contribution is 0.102. The molecule has 2 N–H and O–H groups in total. The second-order valence-electron chi connectivity index (χ2n) is 4.12. The number of halogens is 2. The van der Waals surface area contributed by atoms with Crippen molar-refractivity contribution in [3.05, 3.63) is 64.4 Å². The maximum atomic E-state index is 13.7. The third-order valence-electron chi connectivity index (χ3n) is 2.62. The van der Waals surface area contributed by atoms with Gasteiger partial charge in [-0.25, -0.2) is 4.39 Å². The number of anilines is 1. The highest BCUT2D eigenvalue weighted by molar-refractivity contribution is 6.31. The Balaban J connectivity index is 2.17. The van der Waals surface area contributed by atoms with E-state index >= 15 is 0 Å². The Hall–Kier alpha value is -2.35. The Morgan fingerprint density at radius 2 is 2.10 bits per heavy atom. The van der Waals surface area contributed by atoms with Crippen molar-refractivity contribution in [1.82, 2.24) is 0 Å². The van der Waals surface area contributed by atoms with Gasteiger partial charge in [-0.1, -0.05) is 29.5 Å². The van der Waals surface area contributed by atoms with Crippen molar-refractivity contribution < 1.29 is 14.3 Å². The van der Waals surface area contributed by atoms with E-state index in [1.54, 1.807) is 18.2 Å². The molecule has 0 heterocycles. The van der Waals surface area contributed by atoms with Crippen LogP contribution in [0.25, 0.3) is 0 Å². The molecular weight excluding hydrogens is 293 g/mol. The monoisotopic (exact) mass is 303 g/mol. The second-order valence-corrected chi connectivity index (χ2v) is 4.56. The van der Waals surface area contributed by atoms with Crippen LogP contribution in [0.5, 0.6) is 0 Å². The summed E-state index contributed by atoms with van der Waals surface area (Å²) in [6, 6.07) is 10.6. The van der Waals surface area contributed by atoms with Crippen molar-refractivity contribution in [1.29, 1.82) is 0 Å². The molecule has 0 radical (unpaired) electrons. The maximum absolute atomic E-state index is 13.7. The number of aliphatic hydroxyl groups is 1. The molecular formula is C16H11ClFNO2. The second kappa shape index (κ2) is 6.89. The molecule has 21 heavy (non-hydrogen) atoms. The fourth-order valence-corrected chi connectivity index (χ4v) is 1.85. The smallest absolute Gasteiger partial charge is 0.255 e. The number of nitrogens with one attached hydrogen (secondary N) is 1. The topological polar surface area (TPSA) is 49.3 Å². The number of carbonyl (C=O) groups excluding carboxylic acids is 1. The molecule has 0 spiro atoms. The quantitative estimate of drug-likeness (QED) is 0.838. The van der Waals surface area contributed by atoms with Gasteiger partial charge in [0, 0.05) is 16.3 Å². The van der Waals surface area contributed by atoms with E-state index in [4.69, 9.17) is 16.7 Å². The maximum Gasteiger partial charge on any atom is 0.255 e. The highest BCUT2D eigenvalue weighted by Crippen LogP contribution is 2.16. The summed E-state index contributed by atoms with van der Waals surface area (Å²) >= 11 is 5.81. The van der Waals surface area contributed by atoms with Gasteiger partial charge >= 0.3 is 0 Å². The van der Waals surface area contributed by atoms with Crippen LogP contribution in [-0.4, -0.2) is 17.6 Å². The van der Waals surface area contributed by atoms with E-state index in [0.29, 0.717) is 16.3 Å². The number of rotatable bonds is 2. The Kier molecular flexibility index (Phi) is 4.94. The SMILES string of the molecule is O=C(Nc1ccc(C#CCO)c(F)c1)c1cccc(Cl)c1. The van der Waals surface area contributed by atoms with Crippen LogP contribution >= 0.6 is 11.6 Å². The molecule has 3 nitrogen and oxygen atoms in total. The van der Waals surface area contributed by atoms with E-state index in [9.17, 15) is 9.18 Å². The first-order valence-electron chi connectivity index (χ1n) is 6.06. The lowest BCUT2D eigenvalue weighted by atomic mass is 10.1. The fourth-order valence-electron chi connectivity index (χ4n) is 1.66. The van der Waals surface area contributed by atoms with Gasteiger partial charge in [-0.3, -0.25) is 4.79 Å². The van der Waals surface area contributed by atoms with Gasteiger partial charge in [-0.15, -0.1) is 0 Å². The Bertz CT molecular complexity index is 735. The molecule has 0 saturated heterocycles. The molecule has 0 bridgehead atoms. The minimum absolute atomic E-state index is 0.157. The summed E-state index contributed by atoms with van der Waals surface area (Å²) in [4.78, 5) is 12.0. The van der Waals surface area contributed by atoms with Gasteiger partial charge in [0.1, 0.15) is 12.4 Å². The minimum atomic E-state index is -0.570. The van der Waals surface area contributed by atoms with Crippen molar-refractivity contribution in [2.24, 2.45) is 0 Å². The van der Waals surface area contributed by atoms with Gasteiger partial charge in [0.25, 0.3) is 5.91 Å². The summed E-state index contributed by atoms with van der Waals surface area (Å²) in [6.07, 6.45) is 0. The molecule has 0 unspecified atom stereocenters. The lowest BCUT2D eigenvalue weighted by Crippen LogP contribution is -2.12. The summed E-state index contributed by atoms with van der Waals surface area (Å²) < 4.78 is 13.7. The third kappa shape index (κ3) is 4.06. The van der Waals surface area contributed by atoms with Gasteiger partial charge < -0.3 is 10.4 Å². The molecule has 106 valence electrons. The molecule has 5 heteroatoms. The highest BCUT2D eigenvalue weighted by Gasteiger charge is 2.08. The molecule has 0 aliphatic carbocycles. The number of benzene rings is 2. The Morgan fingerprint density at radius 1 is 1.29 bits per heavy atom. The first-order valence-corrected chi connectivity index (χ1v) is 6.44. The molecule has 0 aliphatic rings. The lowest BCUT2D eigenvalue weighted by Gasteiger charge is -2.06. The average Bonchev–Trinajstić information content (AvgIpc) is 2.46. The van der Waals surface area contributed by atoms with E-state index in [1.165, 1.54) is 24.3 Å². The van der Waals surface area contributed by atoms with E-state index in [1.807, 2.05) is 0 Å².